The zero-order chi connectivity index (χ0) is 9.35. The lowest BCUT2D eigenvalue weighted by Crippen LogP contribution is -2.09. The molecule has 2 nitrogen and oxygen atoms in total. The molecular formula is C5H2BrF3N2S. The van der Waals surface area contributed by atoms with Crippen LogP contribution >= 0.6 is 28.1 Å². The van der Waals surface area contributed by atoms with Crippen LogP contribution in [0.2, 0.25) is 0 Å². The summed E-state index contributed by atoms with van der Waals surface area (Å²) in [5, 5.41) is 0. The molecule has 0 aliphatic carbocycles. The van der Waals surface area contributed by atoms with Gasteiger partial charge in [-0.3, -0.25) is 0 Å². The van der Waals surface area contributed by atoms with E-state index in [1.165, 1.54) is 0 Å². The van der Waals surface area contributed by atoms with Gasteiger partial charge in [0.25, 0.3) is 0 Å². The fourth-order valence-electron chi connectivity index (χ4n) is 0.577. The summed E-state index contributed by atoms with van der Waals surface area (Å²) in [6.45, 7) is 0. The fourth-order valence-corrected chi connectivity index (χ4v) is 1.40. The average Bonchev–Trinajstić information content (AvgIpc) is 1.83. The summed E-state index contributed by atoms with van der Waals surface area (Å²) in [5.41, 5.74) is -1.00. The van der Waals surface area contributed by atoms with Crippen LogP contribution in [0.15, 0.2) is 10.8 Å². The number of hydrogen-bond donors (Lipinski definition) is 1. The molecule has 0 fully saturated rings. The van der Waals surface area contributed by atoms with Gasteiger partial charge in [0.2, 0.25) is 0 Å². The number of rotatable bonds is 0. The van der Waals surface area contributed by atoms with E-state index in [9.17, 15) is 13.2 Å². The lowest BCUT2D eigenvalue weighted by Gasteiger charge is -2.06. The second kappa shape index (κ2) is 3.14. The minimum atomic E-state index is -4.46. The van der Waals surface area contributed by atoms with Gasteiger partial charge in [0.15, 0.2) is 5.69 Å². The highest BCUT2D eigenvalue weighted by Crippen LogP contribution is 2.31. The van der Waals surface area contributed by atoms with Crippen LogP contribution in [0.4, 0.5) is 13.2 Å². The van der Waals surface area contributed by atoms with Gasteiger partial charge in [0.1, 0.15) is 9.24 Å². The fraction of sp³-hybridized carbons (Fsp3) is 0.200. The second-order valence-electron chi connectivity index (χ2n) is 1.91. The Morgan fingerprint density at radius 3 is 2.50 bits per heavy atom. The van der Waals surface area contributed by atoms with E-state index in [0.29, 0.717) is 0 Å². The van der Waals surface area contributed by atoms with Crippen LogP contribution in [0, 0.1) is 4.64 Å². The molecule has 66 valence electrons. The molecule has 0 radical (unpaired) electrons. The quantitative estimate of drug-likeness (QED) is 0.725. The van der Waals surface area contributed by atoms with Crippen molar-refractivity contribution in [3.8, 4) is 0 Å². The van der Waals surface area contributed by atoms with Crippen molar-refractivity contribution in [2.24, 2.45) is 0 Å². The first kappa shape index (κ1) is 9.66. The van der Waals surface area contributed by atoms with E-state index in [-0.39, 0.29) is 9.24 Å². The summed E-state index contributed by atoms with van der Waals surface area (Å²) >= 11 is 7.24. The van der Waals surface area contributed by atoms with Gasteiger partial charge in [0, 0.05) is 0 Å². The van der Waals surface area contributed by atoms with Crippen molar-refractivity contribution in [3.05, 3.63) is 21.1 Å². The molecular weight excluding hydrogens is 257 g/mol. The van der Waals surface area contributed by atoms with Crippen LogP contribution in [-0.4, -0.2) is 9.97 Å². The molecule has 0 bridgehead atoms. The van der Waals surface area contributed by atoms with E-state index in [1.54, 1.807) is 0 Å². The van der Waals surface area contributed by atoms with E-state index in [4.69, 9.17) is 0 Å². The van der Waals surface area contributed by atoms with Gasteiger partial charge >= 0.3 is 6.18 Å². The van der Waals surface area contributed by atoms with Crippen LogP contribution in [-0.2, 0) is 6.18 Å². The van der Waals surface area contributed by atoms with Gasteiger partial charge in [0.05, 0.1) is 6.20 Å². The predicted octanol–water partition coefficient (Wildman–Crippen LogP) is 2.92. The van der Waals surface area contributed by atoms with E-state index in [1.807, 2.05) is 0 Å². The van der Waals surface area contributed by atoms with Crippen molar-refractivity contribution in [2.45, 2.75) is 6.18 Å². The first-order valence-electron chi connectivity index (χ1n) is 2.73. The first-order chi connectivity index (χ1) is 5.41. The molecule has 0 spiro atoms. The van der Waals surface area contributed by atoms with Crippen LogP contribution < -0.4 is 0 Å². The van der Waals surface area contributed by atoms with Gasteiger partial charge in [-0.25, -0.2) is 4.98 Å². The first-order valence-corrected chi connectivity index (χ1v) is 3.93. The summed E-state index contributed by atoms with van der Waals surface area (Å²) < 4.78 is 36.0. The maximum absolute atomic E-state index is 12.0. The normalized spacial score (nSPS) is 11.7. The highest BCUT2D eigenvalue weighted by atomic mass is 79.9. The molecule has 0 aliphatic heterocycles. The average molecular weight is 259 g/mol. The number of H-pyrrole nitrogens is 1. The smallest absolute Gasteiger partial charge is 0.338 e. The Morgan fingerprint density at radius 2 is 2.08 bits per heavy atom. The maximum Gasteiger partial charge on any atom is 0.435 e. The van der Waals surface area contributed by atoms with Crippen LogP contribution in [0.25, 0.3) is 0 Å². The van der Waals surface area contributed by atoms with Crippen LogP contribution in [0.5, 0.6) is 0 Å². The largest absolute Gasteiger partial charge is 0.435 e. The molecule has 0 saturated carbocycles. The number of hydrogen-bond acceptors (Lipinski definition) is 2. The molecule has 0 amide bonds. The Kier molecular flexibility index (Phi) is 2.52. The van der Waals surface area contributed by atoms with Gasteiger partial charge in [-0.15, -0.1) is 0 Å². The van der Waals surface area contributed by atoms with E-state index >= 15 is 0 Å². The van der Waals surface area contributed by atoms with Gasteiger partial charge in [-0.1, -0.05) is 12.2 Å². The minimum absolute atomic E-state index is 0.148. The van der Waals surface area contributed by atoms with Gasteiger partial charge in [-0.2, -0.15) is 13.2 Å². The van der Waals surface area contributed by atoms with Crippen LogP contribution in [0.3, 0.4) is 0 Å². The predicted molar refractivity (Wildman–Crippen MR) is 42.1 cm³/mol. The third-order valence-corrected chi connectivity index (χ3v) is 1.80. The van der Waals surface area contributed by atoms with Gasteiger partial charge in [-0.05, 0) is 15.9 Å². The topological polar surface area (TPSA) is 28.7 Å². The molecule has 1 aromatic heterocycles. The van der Waals surface area contributed by atoms with E-state index in [0.717, 1.165) is 6.20 Å². The third-order valence-electron chi connectivity index (χ3n) is 1.02. The molecule has 12 heavy (non-hydrogen) atoms. The molecule has 0 atom stereocenters. The van der Waals surface area contributed by atoms with Crippen molar-refractivity contribution in [2.75, 3.05) is 0 Å². The Labute approximate surface area is 79.0 Å². The Morgan fingerprint density at radius 1 is 1.50 bits per heavy atom. The molecule has 7 heteroatoms. The number of aromatic amines is 1. The van der Waals surface area contributed by atoms with Crippen molar-refractivity contribution in [1.29, 1.82) is 0 Å². The minimum Gasteiger partial charge on any atom is -0.338 e. The number of nitrogens with zero attached hydrogens (tertiary/aromatic N) is 1. The summed E-state index contributed by atoms with van der Waals surface area (Å²) in [6.07, 6.45) is -3.51. The summed E-state index contributed by atoms with van der Waals surface area (Å²) in [4.78, 5) is 5.44. The lowest BCUT2D eigenvalue weighted by atomic mass is 10.4. The standard InChI is InChI=1S/C5H2BrF3N2S/c6-4-3(5(7,8)9)10-1-2(12)11-4/h1H,(H,11,12). The Bertz CT molecular complexity index is 345. The zero-order valence-corrected chi connectivity index (χ0v) is 7.85. The summed E-state index contributed by atoms with van der Waals surface area (Å²) in [7, 11) is 0. The third kappa shape index (κ3) is 2.04. The van der Waals surface area contributed by atoms with Crippen molar-refractivity contribution >= 4 is 28.1 Å². The molecule has 1 rings (SSSR count). The van der Waals surface area contributed by atoms with Crippen LogP contribution in [0.1, 0.15) is 5.69 Å². The molecule has 1 heterocycles. The maximum atomic E-state index is 12.0. The van der Waals surface area contributed by atoms with Crippen molar-refractivity contribution < 1.29 is 13.2 Å². The van der Waals surface area contributed by atoms with Gasteiger partial charge < -0.3 is 4.98 Å². The Hall–Kier alpha value is -0.430. The summed E-state index contributed by atoms with van der Waals surface area (Å²) in [5.74, 6) is 0. The number of aromatic nitrogens is 2. The molecule has 0 aliphatic rings. The SMILES string of the molecule is FC(F)(F)c1ncc(=S)[nH]c1Br. The van der Waals surface area contributed by atoms with E-state index in [2.05, 4.69) is 38.1 Å². The highest BCUT2D eigenvalue weighted by molar-refractivity contribution is 9.10. The molecule has 1 N–H and O–H groups in total. The molecule has 1 aromatic rings. The second-order valence-corrected chi connectivity index (χ2v) is 3.14. The Balaban J connectivity index is 3.28. The monoisotopic (exact) mass is 258 g/mol. The molecule has 0 aromatic carbocycles. The summed E-state index contributed by atoms with van der Waals surface area (Å²) in [6, 6.07) is 0. The highest BCUT2D eigenvalue weighted by Gasteiger charge is 2.35. The lowest BCUT2D eigenvalue weighted by molar-refractivity contribution is -0.142. The number of nitrogens with one attached hydrogen (secondary N) is 1. The van der Waals surface area contributed by atoms with Crippen molar-refractivity contribution in [3.63, 3.8) is 0 Å². The van der Waals surface area contributed by atoms with E-state index < -0.39 is 11.9 Å². The zero-order valence-electron chi connectivity index (χ0n) is 5.44. The molecule has 0 saturated heterocycles. The molecule has 0 unspecified atom stereocenters. The number of halogens is 4. The number of alkyl halides is 3. The van der Waals surface area contributed by atoms with Crippen molar-refractivity contribution in [1.82, 2.24) is 9.97 Å².